The van der Waals surface area contributed by atoms with E-state index in [1.165, 1.54) is 5.56 Å². The molecule has 4 rings (SSSR count). The molecule has 0 unspecified atom stereocenters. The molecule has 3 aromatic rings. The molecule has 5 nitrogen and oxygen atoms in total. The van der Waals surface area contributed by atoms with Gasteiger partial charge in [-0.15, -0.1) is 0 Å². The smallest absolute Gasteiger partial charge is 0.123 e. The van der Waals surface area contributed by atoms with E-state index in [1.807, 2.05) is 25.1 Å². The molecule has 0 aliphatic carbocycles. The summed E-state index contributed by atoms with van der Waals surface area (Å²) in [7, 11) is 2.18. The molecule has 0 bridgehead atoms. The van der Waals surface area contributed by atoms with Gasteiger partial charge in [0.1, 0.15) is 23.9 Å². The van der Waals surface area contributed by atoms with Gasteiger partial charge >= 0.3 is 0 Å². The zero-order chi connectivity index (χ0) is 21.6. The van der Waals surface area contributed by atoms with E-state index in [9.17, 15) is 5.11 Å². The summed E-state index contributed by atoms with van der Waals surface area (Å²) in [5.74, 6) is 2.08. The minimum atomic E-state index is 0.278. The van der Waals surface area contributed by atoms with Crippen LogP contribution in [0.1, 0.15) is 18.1 Å². The maximum absolute atomic E-state index is 9.83. The summed E-state index contributed by atoms with van der Waals surface area (Å²) in [5, 5.41) is 12.0. The van der Waals surface area contributed by atoms with Gasteiger partial charge in [-0.25, -0.2) is 0 Å². The third-order valence-electron chi connectivity index (χ3n) is 5.95. The summed E-state index contributed by atoms with van der Waals surface area (Å²) >= 11 is 0. The number of phenols is 1. The minimum Gasteiger partial charge on any atom is -0.508 e. The quantitative estimate of drug-likeness (QED) is 0.593. The van der Waals surface area contributed by atoms with Crippen LogP contribution in [0.5, 0.6) is 17.2 Å². The van der Waals surface area contributed by atoms with Crippen molar-refractivity contribution < 1.29 is 14.6 Å². The second-order valence-electron chi connectivity index (χ2n) is 8.19. The van der Waals surface area contributed by atoms with E-state index in [-0.39, 0.29) is 5.75 Å². The number of phenolic OH excluding ortho intramolecular Hbond substituents is 1. The summed E-state index contributed by atoms with van der Waals surface area (Å²) in [5.41, 5.74) is 2.34. The van der Waals surface area contributed by atoms with Crippen molar-refractivity contribution in [3.8, 4) is 17.2 Å². The molecule has 0 radical (unpaired) electrons. The number of likely N-dealkylation sites (N-methyl/N-ethyl adjacent to an activating group) is 1. The third kappa shape index (κ3) is 5.49. The van der Waals surface area contributed by atoms with E-state index in [1.54, 1.807) is 12.1 Å². The van der Waals surface area contributed by atoms with E-state index >= 15 is 0 Å². The lowest BCUT2D eigenvalue weighted by atomic mass is 9.97. The molecular formula is C26H32N2O3. The number of aromatic hydroxyl groups is 1. The highest BCUT2D eigenvalue weighted by Crippen LogP contribution is 2.32. The average Bonchev–Trinajstić information content (AvgIpc) is 2.78. The maximum Gasteiger partial charge on any atom is 0.123 e. The SMILES string of the molecule is CCOc1ccc2cc(O)ccc2c1Cc1ccc(OCCN2CCN(C)CC2)cc1. The van der Waals surface area contributed by atoms with E-state index in [4.69, 9.17) is 9.47 Å². The summed E-state index contributed by atoms with van der Waals surface area (Å²) in [6.45, 7) is 8.79. The van der Waals surface area contributed by atoms with Crippen molar-refractivity contribution in [2.45, 2.75) is 13.3 Å². The molecular weight excluding hydrogens is 388 g/mol. The number of rotatable bonds is 8. The van der Waals surface area contributed by atoms with Crippen LogP contribution in [0, 0.1) is 0 Å². The van der Waals surface area contributed by atoms with Crippen molar-refractivity contribution in [2.24, 2.45) is 0 Å². The fourth-order valence-electron chi connectivity index (χ4n) is 4.11. The van der Waals surface area contributed by atoms with E-state index in [0.717, 1.165) is 67.0 Å². The van der Waals surface area contributed by atoms with E-state index in [0.29, 0.717) is 13.2 Å². The van der Waals surface area contributed by atoms with Gasteiger partial charge in [-0.3, -0.25) is 4.90 Å². The molecule has 1 aliphatic heterocycles. The first kappa shape index (κ1) is 21.5. The van der Waals surface area contributed by atoms with Gasteiger partial charge in [0, 0.05) is 44.7 Å². The Balaban J connectivity index is 1.41. The Morgan fingerprint density at radius 1 is 0.903 bits per heavy atom. The number of hydrogen-bond acceptors (Lipinski definition) is 5. The Hall–Kier alpha value is -2.76. The van der Waals surface area contributed by atoms with Crippen LogP contribution in [-0.4, -0.2) is 67.9 Å². The second kappa shape index (κ2) is 10.0. The number of ether oxygens (including phenoxy) is 2. The van der Waals surface area contributed by atoms with E-state index < -0.39 is 0 Å². The molecule has 3 aromatic carbocycles. The Labute approximate surface area is 184 Å². The van der Waals surface area contributed by atoms with Gasteiger partial charge in [0.2, 0.25) is 0 Å². The normalized spacial score (nSPS) is 15.3. The molecule has 0 saturated carbocycles. The van der Waals surface area contributed by atoms with Crippen LogP contribution in [-0.2, 0) is 6.42 Å². The summed E-state index contributed by atoms with van der Waals surface area (Å²) < 4.78 is 11.9. The molecule has 0 aromatic heterocycles. The molecule has 1 heterocycles. The molecule has 1 N–H and O–H groups in total. The van der Waals surface area contributed by atoms with Crippen molar-refractivity contribution in [3.63, 3.8) is 0 Å². The zero-order valence-corrected chi connectivity index (χ0v) is 18.5. The highest BCUT2D eigenvalue weighted by Gasteiger charge is 2.13. The largest absolute Gasteiger partial charge is 0.508 e. The Bertz CT molecular complexity index is 995. The predicted molar refractivity (Wildman–Crippen MR) is 125 cm³/mol. The fourth-order valence-corrected chi connectivity index (χ4v) is 4.11. The molecule has 0 spiro atoms. The maximum atomic E-state index is 9.83. The third-order valence-corrected chi connectivity index (χ3v) is 5.95. The topological polar surface area (TPSA) is 45.2 Å². The molecule has 164 valence electrons. The Morgan fingerprint density at radius 3 is 2.42 bits per heavy atom. The van der Waals surface area contributed by atoms with E-state index in [2.05, 4.69) is 41.1 Å². The molecule has 5 heteroatoms. The van der Waals surface area contributed by atoms with Crippen molar-refractivity contribution in [2.75, 3.05) is 53.0 Å². The van der Waals surface area contributed by atoms with Gasteiger partial charge in [0.05, 0.1) is 6.61 Å². The van der Waals surface area contributed by atoms with Crippen LogP contribution in [0.3, 0.4) is 0 Å². The molecule has 31 heavy (non-hydrogen) atoms. The van der Waals surface area contributed by atoms with Gasteiger partial charge in [-0.05, 0) is 60.6 Å². The Morgan fingerprint density at radius 2 is 1.68 bits per heavy atom. The second-order valence-corrected chi connectivity index (χ2v) is 8.19. The van der Waals surface area contributed by atoms with Crippen molar-refractivity contribution in [3.05, 3.63) is 65.7 Å². The standard InChI is InChI=1S/C26H32N2O3/c1-3-30-26-11-6-21-19-22(29)7-10-24(21)25(26)18-20-4-8-23(9-5-20)31-17-16-28-14-12-27(2)13-15-28/h4-11,19,29H,3,12-18H2,1-2H3. The van der Waals surface area contributed by atoms with Gasteiger partial charge in [0.25, 0.3) is 0 Å². The number of hydrogen-bond donors (Lipinski definition) is 1. The van der Waals surface area contributed by atoms with Gasteiger partial charge in [-0.2, -0.15) is 0 Å². The van der Waals surface area contributed by atoms with Gasteiger partial charge in [0.15, 0.2) is 0 Å². The molecule has 1 fully saturated rings. The van der Waals surface area contributed by atoms with Crippen molar-refractivity contribution in [1.29, 1.82) is 0 Å². The zero-order valence-electron chi connectivity index (χ0n) is 18.5. The van der Waals surface area contributed by atoms with Gasteiger partial charge < -0.3 is 19.5 Å². The summed E-state index contributed by atoms with van der Waals surface area (Å²) in [4.78, 5) is 4.83. The van der Waals surface area contributed by atoms with Crippen LogP contribution < -0.4 is 9.47 Å². The molecule has 1 saturated heterocycles. The first-order valence-corrected chi connectivity index (χ1v) is 11.1. The molecule has 0 amide bonds. The predicted octanol–water partition coefficient (Wildman–Crippen LogP) is 4.16. The first-order valence-electron chi connectivity index (χ1n) is 11.1. The summed E-state index contributed by atoms with van der Waals surface area (Å²) in [6.07, 6.45) is 0.763. The monoisotopic (exact) mass is 420 g/mol. The van der Waals surface area contributed by atoms with Crippen LogP contribution in [0.25, 0.3) is 10.8 Å². The van der Waals surface area contributed by atoms with Crippen molar-refractivity contribution >= 4 is 10.8 Å². The fraction of sp³-hybridized carbons (Fsp3) is 0.385. The number of benzene rings is 3. The van der Waals surface area contributed by atoms with Crippen LogP contribution in [0.4, 0.5) is 0 Å². The van der Waals surface area contributed by atoms with Crippen LogP contribution in [0.2, 0.25) is 0 Å². The first-order chi connectivity index (χ1) is 15.1. The lowest BCUT2D eigenvalue weighted by Gasteiger charge is -2.32. The molecule has 1 aliphatic rings. The molecule has 0 atom stereocenters. The van der Waals surface area contributed by atoms with Crippen LogP contribution >= 0.6 is 0 Å². The lowest BCUT2D eigenvalue weighted by Crippen LogP contribution is -2.45. The number of piperazine rings is 1. The highest BCUT2D eigenvalue weighted by atomic mass is 16.5. The minimum absolute atomic E-state index is 0.278. The van der Waals surface area contributed by atoms with Gasteiger partial charge in [-0.1, -0.05) is 24.3 Å². The lowest BCUT2D eigenvalue weighted by molar-refractivity contribution is 0.134. The van der Waals surface area contributed by atoms with Crippen molar-refractivity contribution in [1.82, 2.24) is 9.80 Å². The summed E-state index contributed by atoms with van der Waals surface area (Å²) in [6, 6.07) is 17.9. The average molecular weight is 421 g/mol. The number of fused-ring (bicyclic) bond motifs is 1. The number of nitrogens with zero attached hydrogens (tertiary/aromatic N) is 2. The Kier molecular flexibility index (Phi) is 6.95. The highest BCUT2D eigenvalue weighted by molar-refractivity contribution is 5.89. The van der Waals surface area contributed by atoms with Crippen LogP contribution in [0.15, 0.2) is 54.6 Å².